The molecule has 0 bridgehead atoms. The Bertz CT molecular complexity index is 830. The number of rotatable bonds is 6. The highest BCUT2D eigenvalue weighted by molar-refractivity contribution is 7.98. The molecule has 2 rings (SSSR count). The van der Waals surface area contributed by atoms with Crippen molar-refractivity contribution in [3.05, 3.63) is 35.4 Å². The lowest BCUT2D eigenvalue weighted by Gasteiger charge is -2.11. The Balaban J connectivity index is 2.08. The highest BCUT2D eigenvalue weighted by atomic mass is 32.2. The summed E-state index contributed by atoms with van der Waals surface area (Å²) in [4.78, 5) is 30.7. The Morgan fingerprint density at radius 3 is 2.73 bits per heavy atom. The summed E-state index contributed by atoms with van der Waals surface area (Å²) in [5.41, 5.74) is 4.59. The molecule has 0 unspecified atom stereocenters. The van der Waals surface area contributed by atoms with Gasteiger partial charge in [0.15, 0.2) is 12.9 Å². The van der Waals surface area contributed by atoms with Crippen molar-refractivity contribution < 1.29 is 27.5 Å². The fraction of sp³-hybridized carbons (Fsp3) is 0.200. The number of thioether (sulfide) groups is 1. The summed E-state index contributed by atoms with van der Waals surface area (Å²) < 4.78 is 43.2. The predicted molar refractivity (Wildman–Crippen MR) is 89.2 cm³/mol. The number of carbonyl (C=O) groups is 2. The Labute approximate surface area is 150 Å². The van der Waals surface area contributed by atoms with Gasteiger partial charge in [0.1, 0.15) is 10.6 Å². The van der Waals surface area contributed by atoms with Crippen molar-refractivity contribution in [3.63, 3.8) is 0 Å². The van der Waals surface area contributed by atoms with Crippen LogP contribution in [0.25, 0.3) is 0 Å². The van der Waals surface area contributed by atoms with E-state index in [0.29, 0.717) is 6.29 Å². The van der Waals surface area contributed by atoms with E-state index in [0.717, 1.165) is 23.9 Å². The lowest BCUT2D eigenvalue weighted by atomic mass is 10.2. The van der Waals surface area contributed by atoms with Gasteiger partial charge >= 0.3 is 6.18 Å². The Morgan fingerprint density at radius 2 is 2.12 bits per heavy atom. The molecule has 0 aliphatic carbocycles. The molecule has 0 fully saturated rings. The summed E-state index contributed by atoms with van der Waals surface area (Å²) in [6, 6.07) is 4.15. The van der Waals surface area contributed by atoms with Crippen molar-refractivity contribution in [2.75, 3.05) is 23.9 Å². The monoisotopic (exact) mass is 386 g/mol. The topological polar surface area (TPSA) is 107 Å². The quantitative estimate of drug-likeness (QED) is 0.446. The molecule has 7 nitrogen and oxygen atoms in total. The lowest BCUT2D eigenvalue weighted by Crippen LogP contribution is -2.21. The largest absolute Gasteiger partial charge is 0.467 e. The Hall–Kier alpha value is -2.82. The molecule has 1 heterocycles. The normalized spacial score (nSPS) is 11.1. The van der Waals surface area contributed by atoms with Crippen LogP contribution in [0.1, 0.15) is 15.9 Å². The summed E-state index contributed by atoms with van der Waals surface area (Å²) in [7, 11) is 0. The third-order valence-electron chi connectivity index (χ3n) is 3.02. The predicted octanol–water partition coefficient (Wildman–Crippen LogP) is 2.63. The number of amides is 1. The number of nitrogens with one attached hydrogen (secondary N) is 1. The third-order valence-corrected chi connectivity index (χ3v) is 3.72. The number of anilines is 2. The number of aromatic nitrogens is 2. The van der Waals surface area contributed by atoms with Gasteiger partial charge in [0.05, 0.1) is 5.56 Å². The molecule has 0 atom stereocenters. The molecule has 0 radical (unpaired) electrons. The molecule has 0 spiro atoms. The second-order valence-corrected chi connectivity index (χ2v) is 5.64. The van der Waals surface area contributed by atoms with E-state index in [4.69, 9.17) is 10.5 Å². The minimum Gasteiger partial charge on any atom is -0.467 e. The van der Waals surface area contributed by atoms with Crippen molar-refractivity contribution in [1.29, 1.82) is 0 Å². The van der Waals surface area contributed by atoms with Gasteiger partial charge in [-0.1, -0.05) is 6.07 Å². The first-order valence-corrected chi connectivity index (χ1v) is 8.23. The van der Waals surface area contributed by atoms with Crippen LogP contribution < -0.4 is 15.8 Å². The molecule has 138 valence electrons. The first kappa shape index (κ1) is 19.5. The molecule has 3 N–H and O–H groups in total. The second kappa shape index (κ2) is 8.04. The maximum atomic E-state index is 12.7. The maximum Gasteiger partial charge on any atom is 0.416 e. The SMILES string of the molecule is CSc1nc(N)nc(OCC(=O)Nc2cccc(C(F)(F)F)c2)c1C=O. The highest BCUT2D eigenvalue weighted by Gasteiger charge is 2.30. The number of alkyl halides is 3. The minimum atomic E-state index is -4.52. The standard InChI is InChI=1S/C15H13F3N4O3S/c1-26-13-10(6-23)12(21-14(19)22-13)25-7-11(24)20-9-4-2-3-8(5-9)15(16,17)18/h2-6H,7H2,1H3,(H,20,24)(H2,19,21,22). The number of hydrogen-bond donors (Lipinski definition) is 2. The van der Waals surface area contributed by atoms with Gasteiger partial charge in [-0.2, -0.15) is 18.2 Å². The van der Waals surface area contributed by atoms with Crippen molar-refractivity contribution in [1.82, 2.24) is 9.97 Å². The molecular formula is C15H13F3N4O3S. The van der Waals surface area contributed by atoms with Gasteiger partial charge in [0, 0.05) is 5.69 Å². The minimum absolute atomic E-state index is 0.0265. The zero-order valence-corrected chi connectivity index (χ0v) is 14.1. The van der Waals surface area contributed by atoms with Crippen LogP contribution >= 0.6 is 11.8 Å². The summed E-state index contributed by atoms with van der Waals surface area (Å²) in [5.74, 6) is -1.06. The van der Waals surface area contributed by atoms with Crippen LogP contribution in [-0.4, -0.2) is 35.0 Å². The number of aldehydes is 1. The van der Waals surface area contributed by atoms with Crippen LogP contribution in [0.15, 0.2) is 29.3 Å². The van der Waals surface area contributed by atoms with Crippen LogP contribution in [0, 0.1) is 0 Å². The van der Waals surface area contributed by atoms with E-state index >= 15 is 0 Å². The number of nitrogens with two attached hydrogens (primary N) is 1. The van der Waals surface area contributed by atoms with Gasteiger partial charge in [-0.3, -0.25) is 9.59 Å². The fourth-order valence-electron chi connectivity index (χ4n) is 1.92. The average molecular weight is 386 g/mol. The maximum absolute atomic E-state index is 12.7. The number of nitrogen functional groups attached to an aromatic ring is 1. The molecular weight excluding hydrogens is 373 g/mol. The summed E-state index contributed by atoms with van der Waals surface area (Å²) >= 11 is 1.14. The third kappa shape index (κ3) is 4.85. The number of carbonyl (C=O) groups excluding carboxylic acids is 2. The Morgan fingerprint density at radius 1 is 1.38 bits per heavy atom. The van der Waals surface area contributed by atoms with Gasteiger partial charge in [-0.15, -0.1) is 11.8 Å². The summed E-state index contributed by atoms with van der Waals surface area (Å²) in [6.07, 6.45) is -2.40. The fourth-order valence-corrected chi connectivity index (χ4v) is 2.46. The van der Waals surface area contributed by atoms with Crippen molar-refractivity contribution in [2.24, 2.45) is 0 Å². The molecule has 1 aromatic heterocycles. The molecule has 26 heavy (non-hydrogen) atoms. The van der Waals surface area contributed by atoms with Gasteiger partial charge in [0.2, 0.25) is 11.8 Å². The van der Waals surface area contributed by atoms with Crippen molar-refractivity contribution in [3.8, 4) is 5.88 Å². The number of hydrogen-bond acceptors (Lipinski definition) is 7. The van der Waals surface area contributed by atoms with E-state index in [2.05, 4.69) is 15.3 Å². The van der Waals surface area contributed by atoms with E-state index in [9.17, 15) is 22.8 Å². The first-order chi connectivity index (χ1) is 12.2. The van der Waals surface area contributed by atoms with E-state index in [1.54, 1.807) is 6.26 Å². The van der Waals surface area contributed by atoms with Gasteiger partial charge in [-0.25, -0.2) is 4.98 Å². The molecule has 0 aliphatic heterocycles. The van der Waals surface area contributed by atoms with E-state index in [-0.39, 0.29) is 28.1 Å². The first-order valence-electron chi connectivity index (χ1n) is 7.01. The summed E-state index contributed by atoms with van der Waals surface area (Å²) in [6.45, 7) is -0.582. The van der Waals surface area contributed by atoms with Crippen LogP contribution in [0.2, 0.25) is 0 Å². The van der Waals surface area contributed by atoms with Gasteiger partial charge < -0.3 is 15.8 Å². The molecule has 11 heteroatoms. The van der Waals surface area contributed by atoms with Crippen molar-refractivity contribution >= 4 is 35.6 Å². The molecule has 1 amide bonds. The van der Waals surface area contributed by atoms with Crippen LogP contribution in [0.4, 0.5) is 24.8 Å². The van der Waals surface area contributed by atoms with Crippen molar-refractivity contribution in [2.45, 2.75) is 11.2 Å². The van der Waals surface area contributed by atoms with E-state index in [1.165, 1.54) is 12.1 Å². The summed E-state index contributed by atoms with van der Waals surface area (Å²) in [5, 5.41) is 2.55. The van der Waals surface area contributed by atoms with Crippen LogP contribution in [0.3, 0.4) is 0 Å². The van der Waals surface area contributed by atoms with Gasteiger partial charge in [-0.05, 0) is 24.5 Å². The highest BCUT2D eigenvalue weighted by Crippen LogP contribution is 2.30. The molecule has 2 aromatic rings. The molecule has 0 saturated carbocycles. The second-order valence-electron chi connectivity index (χ2n) is 4.84. The van der Waals surface area contributed by atoms with Crippen LogP contribution in [-0.2, 0) is 11.0 Å². The zero-order chi connectivity index (χ0) is 19.3. The number of halogens is 3. The van der Waals surface area contributed by atoms with Gasteiger partial charge in [0.25, 0.3) is 5.91 Å². The average Bonchev–Trinajstić information content (AvgIpc) is 2.58. The van der Waals surface area contributed by atoms with Crippen LogP contribution in [0.5, 0.6) is 5.88 Å². The number of benzene rings is 1. The molecule has 0 saturated heterocycles. The molecule has 0 aliphatic rings. The zero-order valence-electron chi connectivity index (χ0n) is 13.3. The number of ether oxygens (including phenoxy) is 1. The number of nitrogens with zero attached hydrogens (tertiary/aromatic N) is 2. The smallest absolute Gasteiger partial charge is 0.416 e. The Kier molecular flexibility index (Phi) is 6.03. The van der Waals surface area contributed by atoms with E-state index in [1.807, 2.05) is 0 Å². The molecule has 1 aromatic carbocycles. The van der Waals surface area contributed by atoms with E-state index < -0.39 is 24.3 Å². The lowest BCUT2D eigenvalue weighted by molar-refractivity contribution is -0.137.